The molecule has 2 aromatic rings. The van der Waals surface area contributed by atoms with Crippen LogP contribution in [0.3, 0.4) is 0 Å². The Hall–Kier alpha value is -1.88. The van der Waals surface area contributed by atoms with E-state index in [9.17, 15) is 4.79 Å². The van der Waals surface area contributed by atoms with Crippen LogP contribution in [0.15, 0.2) is 18.2 Å². The van der Waals surface area contributed by atoms with E-state index in [2.05, 4.69) is 21.8 Å². The number of benzene rings is 1. The van der Waals surface area contributed by atoms with E-state index in [4.69, 9.17) is 5.73 Å². The van der Waals surface area contributed by atoms with Crippen molar-refractivity contribution in [1.29, 1.82) is 0 Å². The zero-order valence-corrected chi connectivity index (χ0v) is 11.0. The van der Waals surface area contributed by atoms with Gasteiger partial charge in [-0.1, -0.05) is 13.0 Å². The largest absolute Gasteiger partial charge is 0.366 e. The fourth-order valence-corrected chi connectivity index (χ4v) is 2.69. The van der Waals surface area contributed by atoms with Crippen LogP contribution < -0.4 is 5.73 Å². The molecule has 1 aromatic heterocycles. The first-order valence-corrected chi connectivity index (χ1v) is 6.69. The number of hydrogen-bond donors (Lipinski definition) is 2. The summed E-state index contributed by atoms with van der Waals surface area (Å²) in [5.74, 6) is 0.987. The highest BCUT2D eigenvalue weighted by atomic mass is 16.1. The zero-order chi connectivity index (χ0) is 13.4. The molecule has 1 saturated heterocycles. The number of aromatic nitrogens is 2. The van der Waals surface area contributed by atoms with E-state index in [0.717, 1.165) is 31.0 Å². The van der Waals surface area contributed by atoms with Gasteiger partial charge in [0.2, 0.25) is 0 Å². The Balaban J connectivity index is 1.87. The first kappa shape index (κ1) is 12.2. The fraction of sp³-hybridized carbons (Fsp3) is 0.429. The molecule has 3 rings (SSSR count). The van der Waals surface area contributed by atoms with E-state index < -0.39 is 5.91 Å². The number of hydrogen-bond acceptors (Lipinski definition) is 3. The summed E-state index contributed by atoms with van der Waals surface area (Å²) in [4.78, 5) is 21.7. The van der Waals surface area contributed by atoms with Crippen LogP contribution in [0.2, 0.25) is 0 Å². The van der Waals surface area contributed by atoms with Crippen molar-refractivity contribution >= 4 is 16.9 Å². The molecule has 2 heterocycles. The van der Waals surface area contributed by atoms with Crippen LogP contribution in [0.5, 0.6) is 0 Å². The lowest BCUT2D eigenvalue weighted by Gasteiger charge is -2.37. The van der Waals surface area contributed by atoms with Gasteiger partial charge in [-0.25, -0.2) is 4.98 Å². The standard InChI is InChI=1S/C14H18N4O/c1-2-6-18-7-9(8-18)14-16-11-5-3-4-10(13(15)19)12(11)17-14/h3-5,9H,2,6-8H2,1H3,(H2,15,19)(H,16,17). The summed E-state index contributed by atoms with van der Waals surface area (Å²) < 4.78 is 0. The first-order valence-electron chi connectivity index (χ1n) is 6.69. The minimum absolute atomic E-state index is 0.426. The van der Waals surface area contributed by atoms with Gasteiger partial charge in [-0.05, 0) is 25.1 Å². The van der Waals surface area contributed by atoms with Crippen LogP contribution in [0.1, 0.15) is 35.4 Å². The van der Waals surface area contributed by atoms with E-state index in [1.54, 1.807) is 6.07 Å². The summed E-state index contributed by atoms with van der Waals surface area (Å²) in [6.45, 7) is 5.41. The Morgan fingerprint density at radius 3 is 3.00 bits per heavy atom. The lowest BCUT2D eigenvalue weighted by atomic mass is 9.99. The van der Waals surface area contributed by atoms with E-state index in [1.165, 1.54) is 6.42 Å². The molecule has 5 nitrogen and oxygen atoms in total. The fourth-order valence-electron chi connectivity index (χ4n) is 2.69. The predicted octanol–water partition coefficient (Wildman–Crippen LogP) is 1.47. The molecule has 1 fully saturated rings. The molecular weight excluding hydrogens is 240 g/mol. The maximum Gasteiger partial charge on any atom is 0.250 e. The first-order chi connectivity index (χ1) is 9.19. The van der Waals surface area contributed by atoms with Crippen LogP contribution in [0, 0.1) is 0 Å². The third-order valence-electron chi connectivity index (χ3n) is 3.68. The van der Waals surface area contributed by atoms with E-state index >= 15 is 0 Å². The molecular formula is C14H18N4O. The normalized spacial score (nSPS) is 16.7. The van der Waals surface area contributed by atoms with Gasteiger partial charge in [0.15, 0.2) is 0 Å². The maximum absolute atomic E-state index is 11.4. The van der Waals surface area contributed by atoms with E-state index in [-0.39, 0.29) is 0 Å². The Morgan fingerprint density at radius 2 is 2.32 bits per heavy atom. The molecule has 100 valence electrons. The van der Waals surface area contributed by atoms with Crippen molar-refractivity contribution in [1.82, 2.24) is 14.9 Å². The van der Waals surface area contributed by atoms with Crippen molar-refractivity contribution < 1.29 is 4.79 Å². The van der Waals surface area contributed by atoms with Crippen molar-refractivity contribution in [3.8, 4) is 0 Å². The lowest BCUT2D eigenvalue weighted by molar-refractivity contribution is 0.100. The van der Waals surface area contributed by atoms with Crippen molar-refractivity contribution in [2.45, 2.75) is 19.3 Å². The number of nitrogens with two attached hydrogens (primary N) is 1. The summed E-state index contributed by atoms with van der Waals surface area (Å²) in [6, 6.07) is 5.48. The molecule has 0 spiro atoms. The van der Waals surface area contributed by atoms with Gasteiger partial charge in [-0.2, -0.15) is 0 Å². The number of likely N-dealkylation sites (tertiary alicyclic amines) is 1. The minimum atomic E-state index is -0.426. The second-order valence-electron chi connectivity index (χ2n) is 5.14. The average Bonchev–Trinajstić information content (AvgIpc) is 2.75. The molecule has 0 unspecified atom stereocenters. The Kier molecular flexibility index (Phi) is 2.98. The number of carbonyl (C=O) groups is 1. The number of rotatable bonds is 4. The Labute approximate surface area is 111 Å². The average molecular weight is 258 g/mol. The summed E-state index contributed by atoms with van der Waals surface area (Å²) in [6.07, 6.45) is 1.18. The number of fused-ring (bicyclic) bond motifs is 1. The van der Waals surface area contributed by atoms with Gasteiger partial charge in [0.1, 0.15) is 11.3 Å². The van der Waals surface area contributed by atoms with Gasteiger partial charge in [-0.15, -0.1) is 0 Å². The number of imidazole rings is 1. The molecule has 0 bridgehead atoms. The highest BCUT2D eigenvalue weighted by Crippen LogP contribution is 2.27. The molecule has 0 aliphatic carbocycles. The summed E-state index contributed by atoms with van der Waals surface area (Å²) >= 11 is 0. The second kappa shape index (κ2) is 4.66. The van der Waals surface area contributed by atoms with Crippen molar-refractivity contribution in [2.24, 2.45) is 5.73 Å². The molecule has 1 aliphatic heterocycles. The molecule has 5 heteroatoms. The van der Waals surface area contributed by atoms with Crippen molar-refractivity contribution in [3.05, 3.63) is 29.6 Å². The predicted molar refractivity (Wildman–Crippen MR) is 74.1 cm³/mol. The molecule has 1 aromatic carbocycles. The van der Waals surface area contributed by atoms with Crippen LogP contribution in [0.4, 0.5) is 0 Å². The summed E-state index contributed by atoms with van der Waals surface area (Å²) in [7, 11) is 0. The SMILES string of the molecule is CCCN1CC(c2nc3c(C(N)=O)cccc3[nH]2)C1. The number of carbonyl (C=O) groups excluding carboxylic acids is 1. The maximum atomic E-state index is 11.4. The third kappa shape index (κ3) is 2.10. The molecule has 19 heavy (non-hydrogen) atoms. The van der Waals surface area contributed by atoms with Crippen LogP contribution in [0.25, 0.3) is 11.0 Å². The minimum Gasteiger partial charge on any atom is -0.366 e. The quantitative estimate of drug-likeness (QED) is 0.872. The topological polar surface area (TPSA) is 75.0 Å². The number of H-pyrrole nitrogens is 1. The number of aromatic amines is 1. The number of nitrogens with one attached hydrogen (secondary N) is 1. The highest BCUT2D eigenvalue weighted by Gasteiger charge is 2.29. The van der Waals surface area contributed by atoms with Gasteiger partial charge in [-0.3, -0.25) is 4.79 Å². The molecule has 0 saturated carbocycles. The second-order valence-corrected chi connectivity index (χ2v) is 5.14. The van der Waals surface area contributed by atoms with Crippen LogP contribution >= 0.6 is 0 Å². The summed E-state index contributed by atoms with van der Waals surface area (Å²) in [5.41, 5.74) is 7.45. The summed E-state index contributed by atoms with van der Waals surface area (Å²) in [5, 5.41) is 0. The number of nitrogens with zero attached hydrogens (tertiary/aromatic N) is 2. The Morgan fingerprint density at radius 1 is 1.53 bits per heavy atom. The smallest absolute Gasteiger partial charge is 0.250 e. The molecule has 3 N–H and O–H groups in total. The van der Waals surface area contributed by atoms with Gasteiger partial charge in [0, 0.05) is 19.0 Å². The van der Waals surface area contributed by atoms with Crippen LogP contribution in [-0.4, -0.2) is 40.4 Å². The monoisotopic (exact) mass is 258 g/mol. The van der Waals surface area contributed by atoms with Gasteiger partial charge < -0.3 is 15.6 Å². The lowest BCUT2D eigenvalue weighted by Crippen LogP contribution is -2.45. The third-order valence-corrected chi connectivity index (χ3v) is 3.68. The molecule has 1 aliphatic rings. The van der Waals surface area contributed by atoms with Crippen molar-refractivity contribution in [3.63, 3.8) is 0 Å². The van der Waals surface area contributed by atoms with Gasteiger partial charge >= 0.3 is 0 Å². The Bertz CT molecular complexity index is 613. The molecule has 0 atom stereocenters. The van der Waals surface area contributed by atoms with Crippen LogP contribution in [-0.2, 0) is 0 Å². The molecule has 0 radical (unpaired) electrons. The number of amides is 1. The molecule has 1 amide bonds. The number of para-hydroxylation sites is 1. The van der Waals surface area contributed by atoms with Crippen molar-refractivity contribution in [2.75, 3.05) is 19.6 Å². The van der Waals surface area contributed by atoms with Gasteiger partial charge in [0.05, 0.1) is 11.1 Å². The number of primary amides is 1. The van der Waals surface area contributed by atoms with Gasteiger partial charge in [0.25, 0.3) is 5.91 Å². The van der Waals surface area contributed by atoms with E-state index in [0.29, 0.717) is 17.0 Å². The van der Waals surface area contributed by atoms with E-state index in [1.807, 2.05) is 12.1 Å². The zero-order valence-electron chi connectivity index (χ0n) is 11.0. The highest BCUT2D eigenvalue weighted by molar-refractivity contribution is 6.04.